The zero-order valence-electron chi connectivity index (χ0n) is 17.1. The quantitative estimate of drug-likeness (QED) is 0.135. The maximum absolute atomic E-state index is 12.2. The predicted octanol–water partition coefficient (Wildman–Crippen LogP) is 2.86. The second-order valence-corrected chi connectivity index (χ2v) is 7.82. The molecule has 2 aromatic rings. The molecule has 2 rings (SSSR count). The first-order valence-electron chi connectivity index (χ1n) is 9.39. The molecule has 0 radical (unpaired) electrons. The van der Waals surface area contributed by atoms with Crippen LogP contribution in [0.5, 0.6) is 0 Å². The number of aliphatic hydroxyl groups is 2. The fourth-order valence-corrected chi connectivity index (χ4v) is 3.18. The summed E-state index contributed by atoms with van der Waals surface area (Å²) < 4.78 is 5.09. The van der Waals surface area contributed by atoms with E-state index in [1.54, 1.807) is 55.5 Å². The summed E-state index contributed by atoms with van der Waals surface area (Å²) in [6.07, 6.45) is 0.260. The van der Waals surface area contributed by atoms with Crippen LogP contribution in [0.3, 0.4) is 0 Å². The summed E-state index contributed by atoms with van der Waals surface area (Å²) in [6.45, 7) is 2.51. The highest BCUT2D eigenvalue weighted by molar-refractivity contribution is 7.99. The number of Topliss-reactive ketones (excluding diaryl/α,β-unsaturated/α-hetero) is 1. The number of hydrogen-bond acceptors (Lipinski definition) is 9. The Kier molecular flexibility index (Phi) is 8.92. The van der Waals surface area contributed by atoms with Gasteiger partial charge in [-0.05, 0) is 61.9 Å². The van der Waals surface area contributed by atoms with Gasteiger partial charge in [0.1, 0.15) is 17.9 Å². The molecule has 9 heteroatoms. The first kappa shape index (κ1) is 24.3. The number of carbonyl (C=O) groups excluding carboxylic acids is 3. The van der Waals surface area contributed by atoms with Gasteiger partial charge in [0, 0.05) is 15.4 Å². The Morgan fingerprint density at radius 1 is 1.06 bits per heavy atom. The molecule has 1 atom stereocenters. The lowest BCUT2D eigenvalue weighted by Gasteiger charge is -2.23. The van der Waals surface area contributed by atoms with E-state index in [4.69, 9.17) is 9.84 Å². The standard InChI is InChI=1S/C22H23NO7S/c1-3-22(28,12-24)13-29-21(27)17-6-10-19(11-7-17)31-18-8-4-16(5-9-18)20(26)15(2)23-30-14-25/h4-11,14,24,28H,3,12-13H2,1-2H3/b23-15+. The molecule has 0 amide bonds. The number of hydrogen-bond donors (Lipinski definition) is 2. The molecule has 0 heterocycles. The van der Waals surface area contributed by atoms with Crippen LogP contribution in [0.1, 0.15) is 41.0 Å². The average Bonchev–Trinajstić information content (AvgIpc) is 2.81. The molecule has 0 aliphatic carbocycles. The Morgan fingerprint density at radius 3 is 2.10 bits per heavy atom. The Hall–Kier alpha value is -3.01. The van der Waals surface area contributed by atoms with Crippen molar-refractivity contribution in [3.8, 4) is 0 Å². The van der Waals surface area contributed by atoms with Crippen LogP contribution in [0, 0.1) is 0 Å². The van der Waals surface area contributed by atoms with Crippen molar-refractivity contribution in [3.63, 3.8) is 0 Å². The molecule has 1 unspecified atom stereocenters. The Balaban J connectivity index is 1.97. The van der Waals surface area contributed by atoms with Crippen LogP contribution in [-0.2, 0) is 14.4 Å². The van der Waals surface area contributed by atoms with Crippen LogP contribution in [0.25, 0.3) is 0 Å². The van der Waals surface area contributed by atoms with Crippen LogP contribution in [-0.4, -0.2) is 53.0 Å². The van der Waals surface area contributed by atoms with Crippen molar-refractivity contribution in [2.45, 2.75) is 35.7 Å². The van der Waals surface area contributed by atoms with E-state index in [9.17, 15) is 19.5 Å². The molecule has 0 spiro atoms. The van der Waals surface area contributed by atoms with Crippen LogP contribution in [0.2, 0.25) is 0 Å². The summed E-state index contributed by atoms with van der Waals surface area (Å²) in [5, 5.41) is 22.5. The van der Waals surface area contributed by atoms with E-state index in [2.05, 4.69) is 9.99 Å². The van der Waals surface area contributed by atoms with Gasteiger partial charge in [-0.1, -0.05) is 23.8 Å². The molecule has 0 aliphatic heterocycles. The van der Waals surface area contributed by atoms with E-state index in [-0.39, 0.29) is 31.0 Å². The van der Waals surface area contributed by atoms with Crippen molar-refractivity contribution in [1.82, 2.24) is 0 Å². The van der Waals surface area contributed by atoms with Crippen LogP contribution in [0.15, 0.2) is 63.5 Å². The van der Waals surface area contributed by atoms with E-state index in [0.29, 0.717) is 11.1 Å². The van der Waals surface area contributed by atoms with Gasteiger partial charge in [0.15, 0.2) is 0 Å². The Labute approximate surface area is 183 Å². The van der Waals surface area contributed by atoms with Gasteiger partial charge in [-0.3, -0.25) is 9.59 Å². The van der Waals surface area contributed by atoms with Crippen LogP contribution in [0.4, 0.5) is 0 Å². The Bertz CT molecular complexity index is 935. The summed E-state index contributed by atoms with van der Waals surface area (Å²) in [5.41, 5.74) is -0.640. The van der Waals surface area contributed by atoms with E-state index in [1.807, 2.05) is 0 Å². The maximum atomic E-state index is 12.2. The largest absolute Gasteiger partial charge is 0.459 e. The first-order chi connectivity index (χ1) is 14.8. The SMILES string of the molecule is CCC(O)(CO)COC(=O)c1ccc(Sc2ccc(C(=O)/C(C)=N/OC=O)cc2)cc1. The predicted molar refractivity (Wildman–Crippen MR) is 114 cm³/mol. The number of rotatable bonds is 11. The van der Waals surface area contributed by atoms with Crippen LogP contribution >= 0.6 is 11.8 Å². The second kappa shape index (κ2) is 11.4. The van der Waals surface area contributed by atoms with Gasteiger partial charge in [0.25, 0.3) is 0 Å². The lowest BCUT2D eigenvalue weighted by molar-refractivity contribution is -0.128. The number of benzene rings is 2. The van der Waals surface area contributed by atoms with Gasteiger partial charge in [0.05, 0.1) is 12.2 Å². The molecule has 0 bridgehead atoms. The minimum Gasteiger partial charge on any atom is -0.459 e. The van der Waals surface area contributed by atoms with Crippen molar-refractivity contribution in [1.29, 1.82) is 0 Å². The summed E-state index contributed by atoms with van der Waals surface area (Å²) in [6, 6.07) is 13.6. The minimum atomic E-state index is -1.44. The molecular formula is C22H23NO7S. The van der Waals surface area contributed by atoms with E-state index in [0.717, 1.165) is 9.79 Å². The number of ether oxygens (including phenoxy) is 1. The molecule has 31 heavy (non-hydrogen) atoms. The monoisotopic (exact) mass is 445 g/mol. The van der Waals surface area contributed by atoms with Gasteiger partial charge in [-0.15, -0.1) is 0 Å². The van der Waals surface area contributed by atoms with Crippen LogP contribution < -0.4 is 0 Å². The molecule has 0 fully saturated rings. The molecule has 0 aliphatic rings. The van der Waals surface area contributed by atoms with Crippen molar-refractivity contribution in [2.75, 3.05) is 13.2 Å². The highest BCUT2D eigenvalue weighted by atomic mass is 32.2. The van der Waals surface area contributed by atoms with Crippen molar-refractivity contribution in [2.24, 2.45) is 5.16 Å². The molecule has 2 aromatic carbocycles. The van der Waals surface area contributed by atoms with E-state index >= 15 is 0 Å². The van der Waals surface area contributed by atoms with E-state index in [1.165, 1.54) is 18.7 Å². The smallest absolute Gasteiger partial charge is 0.338 e. The van der Waals surface area contributed by atoms with Gasteiger partial charge in [-0.25, -0.2) is 4.79 Å². The van der Waals surface area contributed by atoms with Crippen molar-refractivity contribution >= 4 is 35.7 Å². The minimum absolute atomic E-state index is 0.0614. The second-order valence-electron chi connectivity index (χ2n) is 6.67. The fourth-order valence-electron chi connectivity index (χ4n) is 2.36. The lowest BCUT2D eigenvalue weighted by Crippen LogP contribution is -2.38. The Morgan fingerprint density at radius 2 is 1.61 bits per heavy atom. The molecule has 0 saturated carbocycles. The summed E-state index contributed by atoms with van der Waals surface area (Å²) in [5.74, 6) is -0.937. The van der Waals surface area contributed by atoms with Crippen molar-refractivity contribution in [3.05, 3.63) is 59.7 Å². The van der Waals surface area contributed by atoms with Gasteiger partial charge < -0.3 is 19.8 Å². The fraction of sp³-hybridized carbons (Fsp3) is 0.273. The van der Waals surface area contributed by atoms with Gasteiger partial charge in [0.2, 0.25) is 5.78 Å². The highest BCUT2D eigenvalue weighted by Gasteiger charge is 2.26. The number of aliphatic hydroxyl groups excluding tert-OH is 1. The number of nitrogens with zero attached hydrogens (tertiary/aromatic N) is 1. The number of carbonyl (C=O) groups is 3. The normalized spacial score (nSPS) is 13.2. The summed E-state index contributed by atoms with van der Waals surface area (Å²) >= 11 is 1.44. The van der Waals surface area contributed by atoms with Gasteiger partial charge in [-0.2, -0.15) is 0 Å². The number of oxime groups is 1. The third-order valence-corrected chi connectivity index (χ3v) is 5.44. The molecule has 164 valence electrons. The van der Waals surface area contributed by atoms with Crippen molar-refractivity contribution < 1.29 is 34.2 Å². The molecule has 0 saturated heterocycles. The van der Waals surface area contributed by atoms with E-state index < -0.39 is 18.2 Å². The number of ketones is 1. The zero-order valence-corrected chi connectivity index (χ0v) is 17.9. The topological polar surface area (TPSA) is 122 Å². The molecule has 8 nitrogen and oxygen atoms in total. The first-order valence-corrected chi connectivity index (χ1v) is 10.2. The summed E-state index contributed by atoms with van der Waals surface area (Å²) in [7, 11) is 0. The third-order valence-electron chi connectivity index (χ3n) is 4.43. The number of esters is 1. The molecule has 0 aromatic heterocycles. The molecular weight excluding hydrogens is 422 g/mol. The average molecular weight is 445 g/mol. The van der Waals surface area contributed by atoms with Gasteiger partial charge >= 0.3 is 12.4 Å². The molecule has 2 N–H and O–H groups in total. The highest BCUT2D eigenvalue weighted by Crippen LogP contribution is 2.28. The summed E-state index contributed by atoms with van der Waals surface area (Å²) in [4.78, 5) is 40.4. The zero-order chi connectivity index (χ0) is 22.9. The maximum Gasteiger partial charge on any atom is 0.338 e. The third kappa shape index (κ3) is 7.02. The lowest BCUT2D eigenvalue weighted by atomic mass is 10.0.